The minimum Gasteiger partial charge on any atom is -0.494 e. The Morgan fingerprint density at radius 1 is 0.933 bits per heavy atom. The second kappa shape index (κ2) is 14.7. The van der Waals surface area contributed by atoms with Crippen molar-refractivity contribution >= 4 is 67.9 Å². The first kappa shape index (κ1) is 31.5. The van der Waals surface area contributed by atoms with E-state index in [4.69, 9.17) is 4.74 Å². The van der Waals surface area contributed by atoms with Gasteiger partial charge in [0.2, 0.25) is 5.91 Å². The fraction of sp³-hybridized carbons (Fsp3) is 0.143. The molecule has 1 atom stereocenters. The molecule has 3 N–H and O–H groups in total. The van der Waals surface area contributed by atoms with Crippen LogP contribution in [0.5, 0.6) is 5.75 Å². The molecule has 228 valence electrons. The van der Waals surface area contributed by atoms with Gasteiger partial charge in [-0.1, -0.05) is 47.7 Å². The maximum Gasteiger partial charge on any atom is 0.272 e. The van der Waals surface area contributed by atoms with Crippen LogP contribution in [0.15, 0.2) is 108 Å². The number of carbonyl (C=O) groups is 3. The number of anilines is 2. The van der Waals surface area contributed by atoms with E-state index in [0.717, 1.165) is 26.2 Å². The third kappa shape index (κ3) is 8.59. The average molecular weight is 637 g/mol. The quantitative estimate of drug-likeness (QED) is 0.102. The SMILES string of the molecule is CCOc1ccc(/C=C(\NC(=O)c2ccccc2)C(=O)Nc2ccc(SC(C)C(=O)Nc3nc4ccc(C)cc4s3)cc2)cc1. The zero-order chi connectivity index (χ0) is 31.8. The maximum absolute atomic E-state index is 13.4. The van der Waals surface area contributed by atoms with E-state index in [-0.39, 0.29) is 16.9 Å². The van der Waals surface area contributed by atoms with Gasteiger partial charge in [-0.2, -0.15) is 0 Å². The molecule has 0 spiro atoms. The molecule has 8 nitrogen and oxygen atoms in total. The van der Waals surface area contributed by atoms with Crippen LogP contribution < -0.4 is 20.7 Å². The van der Waals surface area contributed by atoms with E-state index in [0.29, 0.717) is 28.7 Å². The summed E-state index contributed by atoms with van der Waals surface area (Å²) in [6.45, 7) is 6.31. The second-order valence-electron chi connectivity index (χ2n) is 10.1. The van der Waals surface area contributed by atoms with Crippen molar-refractivity contribution in [3.8, 4) is 5.75 Å². The lowest BCUT2D eigenvalue weighted by atomic mass is 10.1. The molecule has 1 aromatic heterocycles. The number of ether oxygens (including phenoxy) is 1. The van der Waals surface area contributed by atoms with E-state index in [9.17, 15) is 14.4 Å². The largest absolute Gasteiger partial charge is 0.494 e. The lowest BCUT2D eigenvalue weighted by Crippen LogP contribution is -2.30. The highest BCUT2D eigenvalue weighted by Crippen LogP contribution is 2.29. The molecular weight excluding hydrogens is 605 g/mol. The highest BCUT2D eigenvalue weighted by atomic mass is 32.2. The molecule has 0 saturated heterocycles. The molecule has 1 unspecified atom stereocenters. The van der Waals surface area contributed by atoms with Gasteiger partial charge in [-0.15, -0.1) is 11.8 Å². The number of aromatic nitrogens is 1. The van der Waals surface area contributed by atoms with Crippen LogP contribution in [0.1, 0.15) is 35.3 Å². The minimum absolute atomic E-state index is 0.0850. The number of thiazole rings is 1. The molecule has 10 heteroatoms. The summed E-state index contributed by atoms with van der Waals surface area (Å²) in [7, 11) is 0. The van der Waals surface area contributed by atoms with Crippen LogP contribution in [-0.2, 0) is 9.59 Å². The molecule has 45 heavy (non-hydrogen) atoms. The molecule has 5 rings (SSSR count). The molecule has 5 aromatic rings. The van der Waals surface area contributed by atoms with E-state index in [1.54, 1.807) is 54.6 Å². The Balaban J connectivity index is 1.24. The molecule has 0 aliphatic rings. The van der Waals surface area contributed by atoms with Crippen molar-refractivity contribution in [1.82, 2.24) is 10.3 Å². The van der Waals surface area contributed by atoms with Gasteiger partial charge < -0.3 is 20.7 Å². The van der Waals surface area contributed by atoms with Gasteiger partial charge in [0.25, 0.3) is 11.8 Å². The van der Waals surface area contributed by atoms with Gasteiger partial charge in [0.05, 0.1) is 22.1 Å². The van der Waals surface area contributed by atoms with Gasteiger partial charge in [0, 0.05) is 16.1 Å². The van der Waals surface area contributed by atoms with Crippen LogP contribution in [0, 0.1) is 6.92 Å². The number of rotatable bonds is 11. The van der Waals surface area contributed by atoms with Gasteiger partial charge in [-0.25, -0.2) is 4.98 Å². The molecule has 0 saturated carbocycles. The van der Waals surface area contributed by atoms with E-state index in [2.05, 4.69) is 27.0 Å². The summed E-state index contributed by atoms with van der Waals surface area (Å²) in [4.78, 5) is 44.5. The Labute approximate surface area is 269 Å². The fourth-order valence-electron chi connectivity index (χ4n) is 4.30. The number of nitrogens with zero attached hydrogens (tertiary/aromatic N) is 1. The standard InChI is InChI=1S/C35H32N4O4S2/c1-4-43-27-15-11-24(12-16-27)21-30(37-33(41)25-8-6-5-7-9-25)34(42)36-26-13-17-28(18-14-26)44-23(3)32(40)39-35-38-29-19-10-22(2)20-31(29)45-35/h5-21,23H,4H2,1-3H3,(H,36,42)(H,37,41)(H,38,39,40)/b30-21-. The number of thioether (sulfide) groups is 1. The summed E-state index contributed by atoms with van der Waals surface area (Å²) in [5.74, 6) is -0.313. The summed E-state index contributed by atoms with van der Waals surface area (Å²) in [6, 6.07) is 29.1. The van der Waals surface area contributed by atoms with E-state index in [1.165, 1.54) is 23.1 Å². The highest BCUT2D eigenvalue weighted by molar-refractivity contribution is 8.00. The monoisotopic (exact) mass is 636 g/mol. The fourth-order valence-corrected chi connectivity index (χ4v) is 6.14. The highest BCUT2D eigenvalue weighted by Gasteiger charge is 2.18. The number of benzene rings is 4. The topological polar surface area (TPSA) is 109 Å². The van der Waals surface area contributed by atoms with Crippen molar-refractivity contribution in [1.29, 1.82) is 0 Å². The number of amides is 3. The number of fused-ring (bicyclic) bond motifs is 1. The van der Waals surface area contributed by atoms with Gasteiger partial charge in [-0.05, 0) is 98.6 Å². The van der Waals surface area contributed by atoms with Crippen molar-refractivity contribution in [2.45, 2.75) is 30.9 Å². The number of hydrogen-bond acceptors (Lipinski definition) is 7. The number of carbonyl (C=O) groups excluding carboxylic acids is 3. The van der Waals surface area contributed by atoms with E-state index >= 15 is 0 Å². The predicted octanol–water partition coefficient (Wildman–Crippen LogP) is 7.53. The maximum atomic E-state index is 13.4. The van der Waals surface area contributed by atoms with Gasteiger partial charge in [0.1, 0.15) is 11.4 Å². The molecule has 0 aliphatic heterocycles. The van der Waals surface area contributed by atoms with Crippen molar-refractivity contribution in [2.75, 3.05) is 17.2 Å². The van der Waals surface area contributed by atoms with Gasteiger partial charge >= 0.3 is 0 Å². The summed E-state index contributed by atoms with van der Waals surface area (Å²) in [6.07, 6.45) is 1.61. The third-order valence-corrected chi connectivity index (χ3v) is 8.64. The molecule has 0 radical (unpaired) electrons. The number of aryl methyl sites for hydroxylation is 1. The van der Waals surface area contributed by atoms with Gasteiger partial charge in [0.15, 0.2) is 5.13 Å². The number of nitrogens with one attached hydrogen (secondary N) is 3. The van der Waals surface area contributed by atoms with Crippen LogP contribution >= 0.6 is 23.1 Å². The lowest BCUT2D eigenvalue weighted by molar-refractivity contribution is -0.115. The van der Waals surface area contributed by atoms with Crippen LogP contribution in [-0.4, -0.2) is 34.6 Å². The smallest absolute Gasteiger partial charge is 0.272 e. The molecule has 0 fully saturated rings. The molecule has 3 amide bonds. The zero-order valence-electron chi connectivity index (χ0n) is 25.0. The number of hydrogen-bond donors (Lipinski definition) is 3. The Kier molecular flexibility index (Phi) is 10.3. The first-order valence-corrected chi connectivity index (χ1v) is 16.0. The van der Waals surface area contributed by atoms with Crippen LogP contribution in [0.3, 0.4) is 0 Å². The first-order chi connectivity index (χ1) is 21.8. The Bertz CT molecular complexity index is 1840. The molecular formula is C35H32N4O4S2. The van der Waals surface area contributed by atoms with Crippen molar-refractivity contribution in [3.63, 3.8) is 0 Å². The molecule has 4 aromatic carbocycles. The van der Waals surface area contributed by atoms with E-state index < -0.39 is 11.8 Å². The third-order valence-electron chi connectivity index (χ3n) is 6.60. The summed E-state index contributed by atoms with van der Waals surface area (Å²) in [5.41, 5.74) is 3.78. The van der Waals surface area contributed by atoms with Crippen LogP contribution in [0.4, 0.5) is 10.8 Å². The van der Waals surface area contributed by atoms with Crippen molar-refractivity contribution in [2.24, 2.45) is 0 Å². The summed E-state index contributed by atoms with van der Waals surface area (Å²) < 4.78 is 6.53. The van der Waals surface area contributed by atoms with Crippen molar-refractivity contribution in [3.05, 3.63) is 119 Å². The Morgan fingerprint density at radius 2 is 1.67 bits per heavy atom. The predicted molar refractivity (Wildman–Crippen MR) is 183 cm³/mol. The van der Waals surface area contributed by atoms with E-state index in [1.807, 2.05) is 63.2 Å². The average Bonchev–Trinajstić information content (AvgIpc) is 3.44. The second-order valence-corrected chi connectivity index (χ2v) is 12.5. The molecule has 1 heterocycles. The van der Waals surface area contributed by atoms with Crippen LogP contribution in [0.25, 0.3) is 16.3 Å². The zero-order valence-corrected chi connectivity index (χ0v) is 26.6. The Hall–Kier alpha value is -4.93. The molecule has 0 aliphatic carbocycles. The lowest BCUT2D eigenvalue weighted by Gasteiger charge is -2.13. The van der Waals surface area contributed by atoms with Crippen molar-refractivity contribution < 1.29 is 19.1 Å². The van der Waals surface area contributed by atoms with Crippen LogP contribution in [0.2, 0.25) is 0 Å². The Morgan fingerprint density at radius 3 is 2.38 bits per heavy atom. The van der Waals surface area contributed by atoms with Gasteiger partial charge in [-0.3, -0.25) is 14.4 Å². The molecule has 0 bridgehead atoms. The first-order valence-electron chi connectivity index (χ1n) is 14.3. The summed E-state index contributed by atoms with van der Waals surface area (Å²) >= 11 is 2.85. The minimum atomic E-state index is -0.479. The normalized spacial score (nSPS) is 11.9. The summed E-state index contributed by atoms with van der Waals surface area (Å²) in [5, 5.41) is 8.72.